The highest BCUT2D eigenvalue weighted by atomic mass is 16.5. The highest BCUT2D eigenvalue weighted by Crippen LogP contribution is 2.25. The van der Waals surface area contributed by atoms with Gasteiger partial charge in [0.25, 0.3) is 0 Å². The Morgan fingerprint density at radius 2 is 2.24 bits per heavy atom. The van der Waals surface area contributed by atoms with E-state index in [0.29, 0.717) is 19.0 Å². The third-order valence-corrected chi connectivity index (χ3v) is 3.17. The van der Waals surface area contributed by atoms with Crippen LogP contribution in [0.25, 0.3) is 16.9 Å². The Bertz CT molecular complexity index is 754. The molecule has 0 aliphatic heterocycles. The van der Waals surface area contributed by atoms with Gasteiger partial charge in [-0.15, -0.1) is 0 Å². The van der Waals surface area contributed by atoms with Gasteiger partial charge in [0.15, 0.2) is 11.5 Å². The molecule has 0 unspecified atom stereocenters. The molecular weight excluding hydrogens is 268 g/mol. The molecule has 1 aromatic carbocycles. The Morgan fingerprint density at radius 3 is 3.05 bits per heavy atom. The zero-order chi connectivity index (χ0) is 14.7. The standard InChI is InChI=1S/C15H16N4O2/c1-21-8-6-17-14-15-18-10-13(19(15)7-5-16-14)11-3-2-4-12(20)9-11/h2-5,7,9-10,20H,6,8H2,1H3,(H,16,17). The molecule has 3 aromatic rings. The minimum Gasteiger partial charge on any atom is -0.508 e. The predicted molar refractivity (Wildman–Crippen MR) is 80.5 cm³/mol. The highest BCUT2D eigenvalue weighted by molar-refractivity contribution is 5.71. The van der Waals surface area contributed by atoms with Gasteiger partial charge in [0.2, 0.25) is 0 Å². The van der Waals surface area contributed by atoms with E-state index in [9.17, 15) is 5.11 Å². The van der Waals surface area contributed by atoms with Gasteiger partial charge in [-0.2, -0.15) is 0 Å². The van der Waals surface area contributed by atoms with Gasteiger partial charge in [-0.3, -0.25) is 4.40 Å². The third-order valence-electron chi connectivity index (χ3n) is 3.17. The zero-order valence-corrected chi connectivity index (χ0v) is 11.7. The summed E-state index contributed by atoms with van der Waals surface area (Å²) < 4.78 is 6.96. The Kier molecular flexibility index (Phi) is 3.70. The molecule has 0 spiro atoms. The Morgan fingerprint density at radius 1 is 1.33 bits per heavy atom. The van der Waals surface area contributed by atoms with Crippen molar-refractivity contribution in [2.24, 2.45) is 0 Å². The number of phenolic OH excluding ortho intramolecular Hbond substituents is 1. The van der Waals surface area contributed by atoms with Gasteiger partial charge in [0.1, 0.15) is 5.75 Å². The number of benzene rings is 1. The van der Waals surface area contributed by atoms with Gasteiger partial charge in [0, 0.05) is 31.6 Å². The average molecular weight is 284 g/mol. The fourth-order valence-corrected chi connectivity index (χ4v) is 2.19. The second kappa shape index (κ2) is 5.80. The first-order valence-electron chi connectivity index (χ1n) is 6.64. The molecule has 0 atom stereocenters. The van der Waals surface area contributed by atoms with Crippen molar-refractivity contribution in [3.63, 3.8) is 0 Å². The minimum atomic E-state index is 0.231. The van der Waals surface area contributed by atoms with Gasteiger partial charge in [-0.25, -0.2) is 9.97 Å². The Hall–Kier alpha value is -2.60. The first-order chi connectivity index (χ1) is 10.3. The van der Waals surface area contributed by atoms with Crippen LogP contribution in [-0.2, 0) is 4.74 Å². The molecule has 0 amide bonds. The fourth-order valence-electron chi connectivity index (χ4n) is 2.19. The first kappa shape index (κ1) is 13.4. The van der Waals surface area contributed by atoms with Crippen LogP contribution in [-0.4, -0.2) is 39.7 Å². The molecule has 0 fully saturated rings. The summed E-state index contributed by atoms with van der Waals surface area (Å²) in [4.78, 5) is 8.72. The number of phenols is 1. The molecular formula is C15H16N4O2. The number of nitrogens with zero attached hydrogens (tertiary/aromatic N) is 3. The Balaban J connectivity index is 2.01. The topological polar surface area (TPSA) is 71.7 Å². The fraction of sp³-hybridized carbons (Fsp3) is 0.200. The van der Waals surface area contributed by atoms with Crippen LogP contribution in [0.3, 0.4) is 0 Å². The van der Waals surface area contributed by atoms with Crippen LogP contribution < -0.4 is 5.32 Å². The third kappa shape index (κ3) is 2.66. The molecule has 0 aliphatic rings. The van der Waals surface area contributed by atoms with E-state index in [-0.39, 0.29) is 5.75 Å². The van der Waals surface area contributed by atoms with E-state index in [0.717, 1.165) is 16.9 Å². The maximum atomic E-state index is 9.61. The van der Waals surface area contributed by atoms with Crippen molar-refractivity contribution in [2.75, 3.05) is 25.6 Å². The number of nitrogens with one attached hydrogen (secondary N) is 1. The predicted octanol–water partition coefficient (Wildman–Crippen LogP) is 2.16. The average Bonchev–Trinajstić information content (AvgIpc) is 2.92. The van der Waals surface area contributed by atoms with E-state index in [1.54, 1.807) is 31.6 Å². The highest BCUT2D eigenvalue weighted by Gasteiger charge is 2.10. The smallest absolute Gasteiger partial charge is 0.180 e. The summed E-state index contributed by atoms with van der Waals surface area (Å²) >= 11 is 0. The van der Waals surface area contributed by atoms with Crippen LogP contribution in [0.4, 0.5) is 5.82 Å². The summed E-state index contributed by atoms with van der Waals surface area (Å²) in [5.74, 6) is 0.941. The number of imidazole rings is 1. The molecule has 3 rings (SSSR count). The van der Waals surface area contributed by atoms with Crippen LogP contribution in [0, 0.1) is 0 Å². The molecule has 2 aromatic heterocycles. The molecule has 0 bridgehead atoms. The minimum absolute atomic E-state index is 0.231. The van der Waals surface area contributed by atoms with Crippen molar-refractivity contribution >= 4 is 11.5 Å². The van der Waals surface area contributed by atoms with Crippen molar-refractivity contribution in [1.29, 1.82) is 0 Å². The number of methoxy groups -OCH3 is 1. The van der Waals surface area contributed by atoms with Crippen LogP contribution >= 0.6 is 0 Å². The van der Waals surface area contributed by atoms with E-state index in [1.165, 1.54) is 0 Å². The number of rotatable bonds is 5. The lowest BCUT2D eigenvalue weighted by atomic mass is 10.1. The van der Waals surface area contributed by atoms with Gasteiger partial charge in [-0.1, -0.05) is 12.1 Å². The molecule has 2 heterocycles. The number of aromatic nitrogens is 3. The molecule has 108 valence electrons. The summed E-state index contributed by atoms with van der Waals surface area (Å²) in [5, 5.41) is 12.8. The number of hydrogen-bond acceptors (Lipinski definition) is 5. The number of aromatic hydroxyl groups is 1. The lowest BCUT2D eigenvalue weighted by Gasteiger charge is -2.07. The first-order valence-corrected chi connectivity index (χ1v) is 6.64. The largest absolute Gasteiger partial charge is 0.508 e. The molecule has 21 heavy (non-hydrogen) atoms. The quantitative estimate of drug-likeness (QED) is 0.702. The maximum absolute atomic E-state index is 9.61. The molecule has 6 nitrogen and oxygen atoms in total. The second-order valence-corrected chi connectivity index (χ2v) is 4.58. The van der Waals surface area contributed by atoms with Gasteiger partial charge in [0.05, 0.1) is 18.5 Å². The van der Waals surface area contributed by atoms with Crippen LogP contribution in [0.5, 0.6) is 5.75 Å². The summed E-state index contributed by atoms with van der Waals surface area (Å²) in [5.41, 5.74) is 2.54. The van der Waals surface area contributed by atoms with Crippen LogP contribution in [0.1, 0.15) is 0 Å². The molecule has 0 saturated heterocycles. The van der Waals surface area contributed by atoms with Crippen molar-refractivity contribution in [1.82, 2.24) is 14.4 Å². The SMILES string of the molecule is COCCNc1nccn2c(-c3cccc(O)c3)cnc12. The van der Waals surface area contributed by atoms with Crippen molar-refractivity contribution in [2.45, 2.75) is 0 Å². The summed E-state index contributed by atoms with van der Waals surface area (Å²) in [6, 6.07) is 7.10. The van der Waals surface area contributed by atoms with Crippen LogP contribution in [0.2, 0.25) is 0 Å². The Labute approximate surface area is 122 Å². The van der Waals surface area contributed by atoms with E-state index in [2.05, 4.69) is 15.3 Å². The number of anilines is 1. The second-order valence-electron chi connectivity index (χ2n) is 4.58. The molecule has 0 saturated carbocycles. The summed E-state index contributed by atoms with van der Waals surface area (Å²) in [6.07, 6.45) is 5.34. The maximum Gasteiger partial charge on any atom is 0.180 e. The summed E-state index contributed by atoms with van der Waals surface area (Å²) in [6.45, 7) is 1.26. The number of hydrogen-bond donors (Lipinski definition) is 2. The van der Waals surface area contributed by atoms with Crippen molar-refractivity contribution < 1.29 is 9.84 Å². The number of ether oxygens (including phenoxy) is 1. The lowest BCUT2D eigenvalue weighted by Crippen LogP contribution is -2.10. The molecule has 6 heteroatoms. The van der Waals surface area contributed by atoms with Gasteiger partial charge in [-0.05, 0) is 12.1 Å². The molecule has 0 radical (unpaired) electrons. The zero-order valence-electron chi connectivity index (χ0n) is 11.7. The van der Waals surface area contributed by atoms with E-state index < -0.39 is 0 Å². The lowest BCUT2D eigenvalue weighted by molar-refractivity contribution is 0.210. The summed E-state index contributed by atoms with van der Waals surface area (Å²) in [7, 11) is 1.66. The molecule has 0 aliphatic carbocycles. The van der Waals surface area contributed by atoms with E-state index >= 15 is 0 Å². The van der Waals surface area contributed by atoms with Gasteiger partial charge < -0.3 is 15.2 Å². The van der Waals surface area contributed by atoms with E-state index in [4.69, 9.17) is 4.74 Å². The van der Waals surface area contributed by atoms with Gasteiger partial charge >= 0.3 is 0 Å². The molecule has 2 N–H and O–H groups in total. The normalized spacial score (nSPS) is 10.9. The van der Waals surface area contributed by atoms with Crippen molar-refractivity contribution in [3.8, 4) is 17.0 Å². The monoisotopic (exact) mass is 284 g/mol. The number of fused-ring (bicyclic) bond motifs is 1. The van der Waals surface area contributed by atoms with Crippen molar-refractivity contribution in [3.05, 3.63) is 42.9 Å². The van der Waals surface area contributed by atoms with Crippen LogP contribution in [0.15, 0.2) is 42.9 Å². The van der Waals surface area contributed by atoms with E-state index in [1.807, 2.05) is 22.7 Å².